The Morgan fingerprint density at radius 2 is 1.79 bits per heavy atom. The van der Waals surface area contributed by atoms with Crippen molar-refractivity contribution in [1.82, 2.24) is 10.6 Å². The van der Waals surface area contributed by atoms with Crippen molar-refractivity contribution in [2.24, 2.45) is 0 Å². The first kappa shape index (κ1) is 15.5. The summed E-state index contributed by atoms with van der Waals surface area (Å²) in [5.74, 6) is 0.0735. The van der Waals surface area contributed by atoms with Crippen molar-refractivity contribution in [1.29, 1.82) is 0 Å². The number of amides is 1. The second-order valence-electron chi connectivity index (χ2n) is 4.44. The third kappa shape index (κ3) is 5.30. The Morgan fingerprint density at radius 1 is 1.16 bits per heavy atom. The molecule has 0 spiro atoms. The van der Waals surface area contributed by atoms with E-state index in [1.54, 1.807) is 7.05 Å². The second kappa shape index (κ2) is 8.53. The van der Waals surface area contributed by atoms with Crippen LogP contribution in [-0.4, -0.2) is 32.6 Å². The van der Waals surface area contributed by atoms with E-state index in [1.165, 1.54) is 11.3 Å². The smallest absolute Gasteiger partial charge is 0.221 e. The summed E-state index contributed by atoms with van der Waals surface area (Å²) in [5, 5.41) is 5.88. The molecule has 0 atom stereocenters. The van der Waals surface area contributed by atoms with E-state index in [9.17, 15) is 4.79 Å². The maximum atomic E-state index is 11.1. The molecule has 4 nitrogen and oxygen atoms in total. The molecule has 0 unspecified atom stereocenters. The largest absolute Gasteiger partial charge is 0.372 e. The molecule has 1 aromatic carbocycles. The Labute approximate surface area is 116 Å². The normalized spacial score (nSPS) is 10.3. The van der Waals surface area contributed by atoms with Crippen LogP contribution in [0.1, 0.15) is 25.8 Å². The Morgan fingerprint density at radius 3 is 2.32 bits per heavy atom. The van der Waals surface area contributed by atoms with Gasteiger partial charge in [0, 0.05) is 45.3 Å². The molecule has 0 aliphatic heterocycles. The molecule has 1 aromatic rings. The molecule has 19 heavy (non-hydrogen) atoms. The van der Waals surface area contributed by atoms with Crippen LogP contribution < -0.4 is 15.5 Å². The average Bonchev–Trinajstić information content (AvgIpc) is 2.46. The van der Waals surface area contributed by atoms with Crippen LogP contribution in [0.2, 0.25) is 0 Å². The average molecular weight is 263 g/mol. The fourth-order valence-corrected chi connectivity index (χ4v) is 1.97. The number of nitrogens with one attached hydrogen (secondary N) is 2. The molecule has 0 radical (unpaired) electrons. The van der Waals surface area contributed by atoms with Crippen LogP contribution in [0.3, 0.4) is 0 Å². The fourth-order valence-electron chi connectivity index (χ4n) is 1.97. The molecule has 0 aliphatic carbocycles. The molecule has 1 rings (SSSR count). The van der Waals surface area contributed by atoms with Crippen LogP contribution in [-0.2, 0) is 11.3 Å². The minimum absolute atomic E-state index is 0.0735. The Balaban J connectivity index is 2.38. The molecule has 2 N–H and O–H groups in total. The van der Waals surface area contributed by atoms with Gasteiger partial charge in [0.15, 0.2) is 0 Å². The summed E-state index contributed by atoms with van der Waals surface area (Å²) in [4.78, 5) is 13.4. The first-order valence-corrected chi connectivity index (χ1v) is 6.96. The minimum atomic E-state index is 0.0735. The number of rotatable bonds is 8. The fraction of sp³-hybridized carbons (Fsp3) is 0.533. The van der Waals surface area contributed by atoms with Crippen molar-refractivity contribution in [3.8, 4) is 0 Å². The van der Waals surface area contributed by atoms with E-state index in [1.807, 2.05) is 0 Å². The summed E-state index contributed by atoms with van der Waals surface area (Å²) >= 11 is 0. The maximum absolute atomic E-state index is 11.1. The summed E-state index contributed by atoms with van der Waals surface area (Å²) in [6.07, 6.45) is 0.522. The lowest BCUT2D eigenvalue weighted by molar-refractivity contribution is -0.120. The number of nitrogens with zero attached hydrogens (tertiary/aromatic N) is 1. The van der Waals surface area contributed by atoms with E-state index >= 15 is 0 Å². The first-order chi connectivity index (χ1) is 9.21. The van der Waals surface area contributed by atoms with Gasteiger partial charge in [-0.3, -0.25) is 4.79 Å². The zero-order valence-corrected chi connectivity index (χ0v) is 12.2. The van der Waals surface area contributed by atoms with Gasteiger partial charge in [0.1, 0.15) is 0 Å². The zero-order chi connectivity index (χ0) is 14.1. The zero-order valence-electron chi connectivity index (χ0n) is 12.2. The molecule has 0 bridgehead atoms. The molecule has 0 saturated heterocycles. The van der Waals surface area contributed by atoms with Gasteiger partial charge in [0.05, 0.1) is 0 Å². The van der Waals surface area contributed by atoms with Crippen LogP contribution in [0, 0.1) is 0 Å². The van der Waals surface area contributed by atoms with Gasteiger partial charge >= 0.3 is 0 Å². The molecule has 0 aliphatic rings. The number of hydrogen-bond acceptors (Lipinski definition) is 3. The van der Waals surface area contributed by atoms with Crippen molar-refractivity contribution in [3.05, 3.63) is 29.8 Å². The van der Waals surface area contributed by atoms with Gasteiger partial charge in [0.2, 0.25) is 5.91 Å². The summed E-state index contributed by atoms with van der Waals surface area (Å²) in [6.45, 7) is 7.89. The van der Waals surface area contributed by atoms with E-state index in [4.69, 9.17) is 0 Å². The standard InChI is InChI=1S/C15H25N3O/c1-4-18(5-2)14-8-6-13(7-9-14)12-17-11-10-15(19)16-3/h6-9,17H,4-5,10-12H2,1-3H3,(H,16,19). The van der Waals surface area contributed by atoms with Crippen LogP contribution in [0.15, 0.2) is 24.3 Å². The lowest BCUT2D eigenvalue weighted by atomic mass is 10.2. The summed E-state index contributed by atoms with van der Waals surface area (Å²) in [6, 6.07) is 8.59. The predicted molar refractivity (Wildman–Crippen MR) is 80.4 cm³/mol. The lowest BCUT2D eigenvalue weighted by Gasteiger charge is -2.21. The topological polar surface area (TPSA) is 44.4 Å². The van der Waals surface area contributed by atoms with E-state index in [2.05, 4.69) is 53.6 Å². The van der Waals surface area contributed by atoms with Gasteiger partial charge in [-0.2, -0.15) is 0 Å². The van der Waals surface area contributed by atoms with Crippen molar-refractivity contribution >= 4 is 11.6 Å². The monoisotopic (exact) mass is 263 g/mol. The van der Waals surface area contributed by atoms with Gasteiger partial charge in [-0.25, -0.2) is 0 Å². The molecule has 0 saturated carbocycles. The Hall–Kier alpha value is -1.55. The van der Waals surface area contributed by atoms with E-state index < -0.39 is 0 Å². The van der Waals surface area contributed by atoms with Gasteiger partial charge in [0.25, 0.3) is 0 Å². The number of hydrogen-bond donors (Lipinski definition) is 2. The van der Waals surface area contributed by atoms with Crippen molar-refractivity contribution in [3.63, 3.8) is 0 Å². The highest BCUT2D eigenvalue weighted by Gasteiger charge is 2.01. The third-order valence-corrected chi connectivity index (χ3v) is 3.20. The van der Waals surface area contributed by atoms with Crippen LogP contribution in [0.5, 0.6) is 0 Å². The molecule has 0 heterocycles. The first-order valence-electron chi connectivity index (χ1n) is 6.96. The highest BCUT2D eigenvalue weighted by molar-refractivity contribution is 5.75. The lowest BCUT2D eigenvalue weighted by Crippen LogP contribution is -2.24. The number of carbonyl (C=O) groups excluding carboxylic acids is 1. The summed E-state index contributed by atoms with van der Waals surface area (Å²) in [5.41, 5.74) is 2.51. The molecule has 1 amide bonds. The SMILES string of the molecule is CCN(CC)c1ccc(CNCCC(=O)NC)cc1. The molecular weight excluding hydrogens is 238 g/mol. The number of carbonyl (C=O) groups is 1. The van der Waals surface area contributed by atoms with E-state index in [0.29, 0.717) is 13.0 Å². The predicted octanol–water partition coefficient (Wildman–Crippen LogP) is 1.76. The highest BCUT2D eigenvalue weighted by atomic mass is 16.1. The van der Waals surface area contributed by atoms with Crippen molar-refractivity contribution in [2.75, 3.05) is 31.6 Å². The molecule has 0 fully saturated rings. The number of anilines is 1. The van der Waals surface area contributed by atoms with Gasteiger partial charge in [-0.05, 0) is 31.5 Å². The Kier molecular flexibility index (Phi) is 6.97. The quantitative estimate of drug-likeness (QED) is 0.702. The van der Waals surface area contributed by atoms with E-state index in [0.717, 1.165) is 19.6 Å². The van der Waals surface area contributed by atoms with Gasteiger partial charge in [-0.15, -0.1) is 0 Å². The summed E-state index contributed by atoms with van der Waals surface area (Å²) < 4.78 is 0. The van der Waals surface area contributed by atoms with Crippen LogP contribution >= 0.6 is 0 Å². The van der Waals surface area contributed by atoms with Gasteiger partial charge in [-0.1, -0.05) is 12.1 Å². The van der Waals surface area contributed by atoms with Crippen molar-refractivity contribution in [2.45, 2.75) is 26.8 Å². The van der Waals surface area contributed by atoms with E-state index in [-0.39, 0.29) is 5.91 Å². The Bertz CT molecular complexity index is 371. The van der Waals surface area contributed by atoms with Crippen LogP contribution in [0.25, 0.3) is 0 Å². The van der Waals surface area contributed by atoms with Gasteiger partial charge < -0.3 is 15.5 Å². The summed E-state index contributed by atoms with van der Waals surface area (Å²) in [7, 11) is 1.66. The highest BCUT2D eigenvalue weighted by Crippen LogP contribution is 2.14. The maximum Gasteiger partial charge on any atom is 0.221 e. The third-order valence-electron chi connectivity index (χ3n) is 3.20. The molecular formula is C15H25N3O. The van der Waals surface area contributed by atoms with Crippen molar-refractivity contribution < 1.29 is 4.79 Å². The number of benzene rings is 1. The second-order valence-corrected chi connectivity index (χ2v) is 4.44. The molecule has 106 valence electrons. The molecule has 0 aromatic heterocycles. The van der Waals surface area contributed by atoms with Crippen LogP contribution in [0.4, 0.5) is 5.69 Å². The minimum Gasteiger partial charge on any atom is -0.372 e. The molecule has 4 heteroatoms.